The highest BCUT2D eigenvalue weighted by atomic mass is 19.4. The molecule has 0 saturated heterocycles. The summed E-state index contributed by atoms with van der Waals surface area (Å²) in [7, 11) is 0. The number of benzene rings is 2. The first-order valence-corrected chi connectivity index (χ1v) is 7.12. The van der Waals surface area contributed by atoms with Gasteiger partial charge in [-0.3, -0.25) is 14.9 Å². The number of halogens is 3. The van der Waals surface area contributed by atoms with Crippen LogP contribution in [0.4, 0.5) is 18.9 Å². The molecular formula is C17H13F3N2O3. The van der Waals surface area contributed by atoms with Crippen molar-refractivity contribution in [3.05, 3.63) is 81.4 Å². The van der Waals surface area contributed by atoms with Crippen molar-refractivity contribution in [3.8, 4) is 0 Å². The molecule has 0 aliphatic heterocycles. The summed E-state index contributed by atoms with van der Waals surface area (Å²) in [6.45, 7) is -0.0483. The van der Waals surface area contributed by atoms with Crippen LogP contribution >= 0.6 is 0 Å². The molecule has 0 radical (unpaired) electrons. The number of alkyl halides is 3. The summed E-state index contributed by atoms with van der Waals surface area (Å²) < 4.78 is 37.8. The van der Waals surface area contributed by atoms with Crippen molar-refractivity contribution in [3.63, 3.8) is 0 Å². The molecule has 2 aromatic rings. The summed E-state index contributed by atoms with van der Waals surface area (Å²) in [4.78, 5) is 21.7. The minimum atomic E-state index is -4.43. The van der Waals surface area contributed by atoms with Crippen LogP contribution in [0.5, 0.6) is 0 Å². The van der Waals surface area contributed by atoms with Gasteiger partial charge in [0.15, 0.2) is 0 Å². The van der Waals surface area contributed by atoms with Gasteiger partial charge in [-0.25, -0.2) is 0 Å². The van der Waals surface area contributed by atoms with Crippen molar-refractivity contribution in [1.82, 2.24) is 5.32 Å². The van der Waals surface area contributed by atoms with Crippen molar-refractivity contribution in [2.24, 2.45) is 0 Å². The van der Waals surface area contributed by atoms with Crippen LogP contribution in [0.3, 0.4) is 0 Å². The lowest BCUT2D eigenvalue weighted by atomic mass is 10.1. The van der Waals surface area contributed by atoms with Gasteiger partial charge in [-0.2, -0.15) is 13.2 Å². The van der Waals surface area contributed by atoms with Crippen LogP contribution in [-0.4, -0.2) is 10.8 Å². The first-order chi connectivity index (χ1) is 11.8. The van der Waals surface area contributed by atoms with E-state index in [4.69, 9.17) is 0 Å². The van der Waals surface area contributed by atoms with Crippen molar-refractivity contribution in [2.45, 2.75) is 12.7 Å². The number of rotatable bonds is 5. The van der Waals surface area contributed by atoms with Gasteiger partial charge in [-0.05, 0) is 41.5 Å². The number of nitrogens with one attached hydrogen (secondary N) is 1. The van der Waals surface area contributed by atoms with Gasteiger partial charge in [0.1, 0.15) is 0 Å². The maximum Gasteiger partial charge on any atom is 0.416 e. The van der Waals surface area contributed by atoms with E-state index in [9.17, 15) is 28.1 Å². The summed E-state index contributed by atoms with van der Waals surface area (Å²) in [5.74, 6) is -0.490. The van der Waals surface area contributed by atoms with E-state index in [1.54, 1.807) is 0 Å². The Morgan fingerprint density at radius 3 is 2.44 bits per heavy atom. The SMILES string of the molecule is O=C(C=Cc1ccc([N+](=O)[O-])cc1)NCc1cccc(C(F)(F)F)c1. The zero-order chi connectivity index (χ0) is 18.4. The molecule has 5 nitrogen and oxygen atoms in total. The van der Waals surface area contributed by atoms with Gasteiger partial charge in [0.2, 0.25) is 5.91 Å². The largest absolute Gasteiger partial charge is 0.416 e. The van der Waals surface area contributed by atoms with Crippen LogP contribution < -0.4 is 5.32 Å². The smallest absolute Gasteiger partial charge is 0.348 e. The quantitative estimate of drug-likeness (QED) is 0.504. The molecule has 0 heterocycles. The van der Waals surface area contributed by atoms with Crippen LogP contribution in [0, 0.1) is 10.1 Å². The van der Waals surface area contributed by atoms with Crippen LogP contribution in [0.2, 0.25) is 0 Å². The predicted octanol–water partition coefficient (Wildman–Crippen LogP) is 3.94. The summed E-state index contributed by atoms with van der Waals surface area (Å²) in [5.41, 5.74) is 0.0681. The molecule has 8 heteroatoms. The highest BCUT2D eigenvalue weighted by Gasteiger charge is 2.30. The van der Waals surface area contributed by atoms with E-state index in [2.05, 4.69) is 5.32 Å². The molecule has 0 unspecified atom stereocenters. The van der Waals surface area contributed by atoms with Gasteiger partial charge in [-0.15, -0.1) is 0 Å². The summed E-state index contributed by atoms with van der Waals surface area (Å²) in [6, 6.07) is 10.3. The number of nitrogens with zero attached hydrogens (tertiary/aromatic N) is 1. The molecular weight excluding hydrogens is 337 g/mol. The van der Waals surface area contributed by atoms with Gasteiger partial charge >= 0.3 is 6.18 Å². The van der Waals surface area contributed by atoms with E-state index in [1.165, 1.54) is 48.6 Å². The van der Waals surface area contributed by atoms with E-state index in [0.29, 0.717) is 11.1 Å². The van der Waals surface area contributed by atoms with Crippen LogP contribution in [0.15, 0.2) is 54.6 Å². The first-order valence-electron chi connectivity index (χ1n) is 7.12. The molecule has 0 aromatic heterocycles. The second-order valence-corrected chi connectivity index (χ2v) is 5.10. The minimum Gasteiger partial charge on any atom is -0.348 e. The number of amides is 1. The van der Waals surface area contributed by atoms with Gasteiger partial charge in [0.05, 0.1) is 10.5 Å². The maximum atomic E-state index is 12.6. The monoisotopic (exact) mass is 350 g/mol. The number of nitro groups is 1. The molecule has 0 fully saturated rings. The number of carbonyl (C=O) groups is 1. The van der Waals surface area contributed by atoms with Gasteiger partial charge < -0.3 is 5.32 Å². The average molecular weight is 350 g/mol. The predicted molar refractivity (Wildman–Crippen MR) is 85.4 cm³/mol. The summed E-state index contributed by atoms with van der Waals surface area (Å²) in [6.07, 6.45) is -1.78. The second kappa shape index (κ2) is 7.61. The normalized spacial score (nSPS) is 11.5. The summed E-state index contributed by atoms with van der Waals surface area (Å²) in [5, 5.41) is 13.0. The molecule has 0 aliphatic rings. The molecule has 2 rings (SSSR count). The Morgan fingerprint density at radius 2 is 1.84 bits per heavy atom. The molecule has 25 heavy (non-hydrogen) atoms. The highest BCUT2D eigenvalue weighted by Crippen LogP contribution is 2.29. The molecule has 1 N–H and O–H groups in total. The number of hydrogen-bond acceptors (Lipinski definition) is 3. The lowest BCUT2D eigenvalue weighted by Crippen LogP contribution is -2.20. The van der Waals surface area contributed by atoms with E-state index in [0.717, 1.165) is 12.1 Å². The zero-order valence-corrected chi connectivity index (χ0v) is 12.8. The third kappa shape index (κ3) is 5.45. The molecule has 0 spiro atoms. The fraction of sp³-hybridized carbons (Fsp3) is 0.118. The van der Waals surface area contributed by atoms with Crippen LogP contribution in [0.25, 0.3) is 6.08 Å². The Kier molecular flexibility index (Phi) is 5.53. The van der Waals surface area contributed by atoms with E-state index in [1.807, 2.05) is 0 Å². The topological polar surface area (TPSA) is 72.2 Å². The molecule has 1 amide bonds. The third-order valence-corrected chi connectivity index (χ3v) is 3.25. The number of nitro benzene ring substituents is 1. The summed E-state index contributed by atoms with van der Waals surface area (Å²) >= 11 is 0. The van der Waals surface area contributed by atoms with Crippen LogP contribution in [-0.2, 0) is 17.5 Å². The van der Waals surface area contributed by atoms with Crippen molar-refractivity contribution >= 4 is 17.7 Å². The molecule has 0 atom stereocenters. The molecule has 0 aliphatic carbocycles. The number of carbonyl (C=O) groups excluding carboxylic acids is 1. The first kappa shape index (κ1) is 18.2. The molecule has 0 bridgehead atoms. The van der Waals surface area contributed by atoms with Gasteiger partial charge in [-0.1, -0.05) is 12.1 Å². The van der Waals surface area contributed by atoms with E-state index >= 15 is 0 Å². The zero-order valence-electron chi connectivity index (χ0n) is 12.8. The van der Waals surface area contributed by atoms with Crippen LogP contribution in [0.1, 0.15) is 16.7 Å². The van der Waals surface area contributed by atoms with Crippen molar-refractivity contribution in [2.75, 3.05) is 0 Å². The third-order valence-electron chi connectivity index (χ3n) is 3.25. The molecule has 2 aromatic carbocycles. The standard InChI is InChI=1S/C17H13F3N2O3/c18-17(19,20)14-3-1-2-13(10-14)11-21-16(23)9-6-12-4-7-15(8-5-12)22(24)25/h1-10H,11H2,(H,21,23). The van der Waals surface area contributed by atoms with Crippen molar-refractivity contribution < 1.29 is 22.9 Å². The molecule has 0 saturated carbocycles. The highest BCUT2D eigenvalue weighted by molar-refractivity contribution is 5.91. The number of hydrogen-bond donors (Lipinski definition) is 1. The number of non-ortho nitro benzene ring substituents is 1. The Bertz CT molecular complexity index is 800. The maximum absolute atomic E-state index is 12.6. The van der Waals surface area contributed by atoms with Gasteiger partial charge in [0.25, 0.3) is 5.69 Å². The minimum absolute atomic E-state index is 0.0483. The lowest BCUT2D eigenvalue weighted by Gasteiger charge is -2.08. The fourth-order valence-corrected chi connectivity index (χ4v) is 1.98. The Hall–Kier alpha value is -3.16. The average Bonchev–Trinajstić information content (AvgIpc) is 2.58. The Morgan fingerprint density at radius 1 is 1.16 bits per heavy atom. The fourth-order valence-electron chi connectivity index (χ4n) is 1.98. The molecule has 130 valence electrons. The van der Waals surface area contributed by atoms with Crippen molar-refractivity contribution in [1.29, 1.82) is 0 Å². The Balaban J connectivity index is 1.93. The van der Waals surface area contributed by atoms with E-state index in [-0.39, 0.29) is 12.2 Å². The van der Waals surface area contributed by atoms with E-state index < -0.39 is 22.6 Å². The van der Waals surface area contributed by atoms with Gasteiger partial charge in [0, 0.05) is 24.8 Å². The second-order valence-electron chi connectivity index (χ2n) is 5.10. The Labute approximate surface area is 140 Å². The lowest BCUT2D eigenvalue weighted by molar-refractivity contribution is -0.384.